The van der Waals surface area contributed by atoms with Gasteiger partial charge >= 0.3 is 0 Å². The predicted molar refractivity (Wildman–Crippen MR) is 137 cm³/mol. The van der Waals surface area contributed by atoms with Gasteiger partial charge in [0.2, 0.25) is 0 Å². The third-order valence-electron chi connectivity index (χ3n) is 11.6. The van der Waals surface area contributed by atoms with Crippen LogP contribution in [0.15, 0.2) is 11.6 Å². The second-order valence-corrected chi connectivity index (χ2v) is 14.5. The highest BCUT2D eigenvalue weighted by atomic mass is 19.1. The Balaban J connectivity index is 1.24. The second-order valence-electron chi connectivity index (χ2n) is 14.5. The van der Waals surface area contributed by atoms with Crippen molar-refractivity contribution in [3.63, 3.8) is 0 Å². The molecular formula is C31H51FO2. The van der Waals surface area contributed by atoms with Gasteiger partial charge in [-0.15, -0.1) is 0 Å². The Morgan fingerprint density at radius 3 is 2.56 bits per heavy atom. The maximum absolute atomic E-state index is 14.1. The van der Waals surface area contributed by atoms with Crippen LogP contribution in [0.1, 0.15) is 118 Å². The van der Waals surface area contributed by atoms with Crippen LogP contribution in [0.3, 0.4) is 0 Å². The largest absolute Gasteiger partial charge is 0.390 e. The van der Waals surface area contributed by atoms with Crippen molar-refractivity contribution in [2.45, 2.75) is 135 Å². The summed E-state index contributed by atoms with van der Waals surface area (Å²) < 4.78 is 20.2. The third kappa shape index (κ3) is 4.67. The van der Waals surface area contributed by atoms with Crippen LogP contribution in [0, 0.1) is 40.4 Å². The predicted octanol–water partition coefficient (Wildman–Crippen LogP) is 8.03. The lowest BCUT2D eigenvalue weighted by Gasteiger charge is -2.58. The van der Waals surface area contributed by atoms with E-state index in [1.165, 1.54) is 44.9 Å². The molecule has 4 saturated carbocycles. The summed E-state index contributed by atoms with van der Waals surface area (Å²) in [6.07, 6.45) is 17.8. The van der Waals surface area contributed by atoms with Crippen LogP contribution in [0.5, 0.6) is 0 Å². The van der Waals surface area contributed by atoms with Gasteiger partial charge in [0.1, 0.15) is 5.67 Å². The molecule has 0 aliphatic heterocycles. The summed E-state index contributed by atoms with van der Waals surface area (Å²) in [7, 11) is 0. The van der Waals surface area contributed by atoms with E-state index < -0.39 is 11.3 Å². The Kier molecular flexibility index (Phi) is 6.58. The van der Waals surface area contributed by atoms with Gasteiger partial charge in [0.25, 0.3) is 0 Å². The molecule has 0 amide bonds. The molecule has 0 heterocycles. The number of allylic oxidation sites excluding steroid dienone is 1. The Morgan fingerprint density at radius 2 is 1.85 bits per heavy atom. The van der Waals surface area contributed by atoms with E-state index in [1.54, 1.807) is 5.57 Å². The van der Waals surface area contributed by atoms with Crippen molar-refractivity contribution in [3.8, 4) is 0 Å². The number of aliphatic hydroxyl groups is 1. The summed E-state index contributed by atoms with van der Waals surface area (Å²) in [5, 5.41) is 10.1. The van der Waals surface area contributed by atoms with E-state index in [-0.39, 0.29) is 6.10 Å². The maximum Gasteiger partial charge on any atom is 0.134 e. The number of halogens is 1. The standard InChI is InChI=1S/C31H51FO2/c1-21(7-6-14-28(2,3)33)25-10-11-26-24-9-8-22-19-23(34-20-31(32)17-18-31)12-15-29(22,4)27(24)13-16-30(25,26)5/h8,21,23-27,33H,6-7,9-20H2,1-5H3/t21-,23+,24?,25-,26+,27+,29+,30-/m1/s1. The van der Waals surface area contributed by atoms with Crippen LogP contribution in [-0.4, -0.2) is 29.1 Å². The molecule has 1 unspecified atom stereocenters. The number of rotatable bonds is 8. The van der Waals surface area contributed by atoms with Crippen molar-refractivity contribution in [2.24, 2.45) is 40.4 Å². The first-order valence-electron chi connectivity index (χ1n) is 14.7. The molecule has 2 nitrogen and oxygen atoms in total. The zero-order valence-electron chi connectivity index (χ0n) is 22.7. The van der Waals surface area contributed by atoms with Gasteiger partial charge in [-0.25, -0.2) is 4.39 Å². The molecule has 5 rings (SSSR count). The lowest BCUT2D eigenvalue weighted by atomic mass is 9.47. The number of alkyl halides is 1. The lowest BCUT2D eigenvalue weighted by molar-refractivity contribution is -0.0686. The minimum absolute atomic E-state index is 0.235. The topological polar surface area (TPSA) is 29.5 Å². The Labute approximate surface area is 208 Å². The SMILES string of the molecule is C[C@H](CCCC(C)(C)O)[C@H]1CC[C@H]2C3CC=C4C[C@@H](OCC5(F)CC5)CC[C@]4(C)[C@H]3CC[C@]12C. The first kappa shape index (κ1) is 25.2. The number of hydrogen-bond acceptors (Lipinski definition) is 2. The van der Waals surface area contributed by atoms with E-state index in [0.29, 0.717) is 30.3 Å². The molecular weight excluding hydrogens is 423 g/mol. The normalized spacial score (nSPS) is 44.0. The van der Waals surface area contributed by atoms with Crippen LogP contribution >= 0.6 is 0 Å². The van der Waals surface area contributed by atoms with Gasteiger partial charge in [-0.3, -0.25) is 0 Å². The quantitative estimate of drug-likeness (QED) is 0.361. The van der Waals surface area contributed by atoms with E-state index in [4.69, 9.17) is 4.74 Å². The molecule has 0 saturated heterocycles. The number of ether oxygens (including phenoxy) is 1. The number of hydrogen-bond donors (Lipinski definition) is 1. The molecule has 34 heavy (non-hydrogen) atoms. The van der Waals surface area contributed by atoms with E-state index in [1.807, 2.05) is 13.8 Å². The summed E-state index contributed by atoms with van der Waals surface area (Å²) in [5.74, 6) is 4.15. The van der Waals surface area contributed by atoms with E-state index >= 15 is 0 Å². The Morgan fingerprint density at radius 1 is 1.09 bits per heavy atom. The molecule has 5 aliphatic carbocycles. The molecule has 5 aliphatic rings. The van der Waals surface area contributed by atoms with Crippen LogP contribution < -0.4 is 0 Å². The van der Waals surface area contributed by atoms with Crippen molar-refractivity contribution < 1.29 is 14.2 Å². The highest BCUT2D eigenvalue weighted by Gasteiger charge is 2.59. The summed E-state index contributed by atoms with van der Waals surface area (Å²) in [6, 6.07) is 0. The van der Waals surface area contributed by atoms with Crippen molar-refractivity contribution >= 4 is 0 Å². The molecule has 1 N–H and O–H groups in total. The molecule has 0 aromatic carbocycles. The average Bonchev–Trinajstić information content (AvgIpc) is 3.38. The van der Waals surface area contributed by atoms with Gasteiger partial charge in [0.15, 0.2) is 0 Å². The summed E-state index contributed by atoms with van der Waals surface area (Å²) in [6.45, 7) is 11.9. The summed E-state index contributed by atoms with van der Waals surface area (Å²) in [4.78, 5) is 0. The maximum atomic E-state index is 14.1. The molecule has 0 spiro atoms. The van der Waals surface area contributed by atoms with Crippen LogP contribution in [0.25, 0.3) is 0 Å². The van der Waals surface area contributed by atoms with Crippen molar-refractivity contribution in [3.05, 3.63) is 11.6 Å². The average molecular weight is 475 g/mol. The highest BCUT2D eigenvalue weighted by Crippen LogP contribution is 2.67. The van der Waals surface area contributed by atoms with E-state index in [9.17, 15) is 9.50 Å². The zero-order chi connectivity index (χ0) is 24.4. The molecule has 0 bridgehead atoms. The third-order valence-corrected chi connectivity index (χ3v) is 11.6. The fourth-order valence-electron chi connectivity index (χ4n) is 9.35. The van der Waals surface area contributed by atoms with Gasteiger partial charge in [0, 0.05) is 0 Å². The Bertz CT molecular complexity index is 779. The fourth-order valence-corrected chi connectivity index (χ4v) is 9.35. The van der Waals surface area contributed by atoms with Crippen molar-refractivity contribution in [1.29, 1.82) is 0 Å². The molecule has 3 heteroatoms. The van der Waals surface area contributed by atoms with Crippen LogP contribution in [-0.2, 0) is 4.74 Å². The van der Waals surface area contributed by atoms with E-state index in [0.717, 1.165) is 55.3 Å². The molecule has 0 aromatic heterocycles. The van der Waals surface area contributed by atoms with Crippen LogP contribution in [0.2, 0.25) is 0 Å². The van der Waals surface area contributed by atoms with Gasteiger partial charge in [-0.1, -0.05) is 45.3 Å². The monoisotopic (exact) mass is 474 g/mol. The summed E-state index contributed by atoms with van der Waals surface area (Å²) >= 11 is 0. The lowest BCUT2D eigenvalue weighted by Crippen LogP contribution is -2.51. The smallest absolute Gasteiger partial charge is 0.134 e. The fraction of sp³-hybridized carbons (Fsp3) is 0.935. The molecule has 4 fully saturated rings. The first-order chi connectivity index (χ1) is 15.9. The number of fused-ring (bicyclic) bond motifs is 5. The van der Waals surface area contributed by atoms with E-state index in [2.05, 4.69) is 26.8 Å². The molecule has 8 atom stereocenters. The highest BCUT2D eigenvalue weighted by molar-refractivity contribution is 5.25. The minimum atomic E-state index is -0.995. The summed E-state index contributed by atoms with van der Waals surface area (Å²) in [5.41, 5.74) is 0.957. The van der Waals surface area contributed by atoms with Gasteiger partial charge in [-0.05, 0) is 125 Å². The second kappa shape index (κ2) is 8.86. The van der Waals surface area contributed by atoms with Gasteiger partial charge < -0.3 is 9.84 Å². The minimum Gasteiger partial charge on any atom is -0.390 e. The molecule has 0 aromatic rings. The first-order valence-corrected chi connectivity index (χ1v) is 14.7. The zero-order valence-corrected chi connectivity index (χ0v) is 22.7. The van der Waals surface area contributed by atoms with Crippen molar-refractivity contribution in [1.82, 2.24) is 0 Å². The van der Waals surface area contributed by atoms with Gasteiger partial charge in [-0.2, -0.15) is 0 Å². The molecule has 194 valence electrons. The Hall–Kier alpha value is -0.410. The van der Waals surface area contributed by atoms with Crippen molar-refractivity contribution in [2.75, 3.05) is 6.61 Å². The molecule has 0 radical (unpaired) electrons. The van der Waals surface area contributed by atoms with Gasteiger partial charge in [0.05, 0.1) is 18.3 Å². The van der Waals surface area contributed by atoms with Crippen LogP contribution in [0.4, 0.5) is 4.39 Å².